The SMILES string of the molecule is CCCCOCCOC(=O)OOOC(=O)c1ccc([Si](C)(C)C)cc1. The van der Waals surface area contributed by atoms with Crippen molar-refractivity contribution in [2.24, 2.45) is 0 Å². The second-order valence-electron chi connectivity index (χ2n) is 6.41. The summed E-state index contributed by atoms with van der Waals surface area (Å²) in [5, 5.41) is 5.36. The standard InChI is InChI=1S/C17H26O7Si/c1-5-6-11-20-12-13-21-17(19)23-24-22-16(18)14-7-9-15(10-8-14)25(2,3)4/h7-10H,5-6,11-13H2,1-4H3. The second kappa shape index (κ2) is 10.9. The van der Waals surface area contributed by atoms with Crippen molar-refractivity contribution in [1.29, 1.82) is 0 Å². The number of rotatable bonds is 10. The van der Waals surface area contributed by atoms with Crippen LogP contribution in [0.2, 0.25) is 19.6 Å². The van der Waals surface area contributed by atoms with E-state index in [1.807, 2.05) is 12.1 Å². The Kier molecular flexibility index (Phi) is 9.18. The topological polar surface area (TPSA) is 80.3 Å². The van der Waals surface area contributed by atoms with Crippen molar-refractivity contribution in [3.63, 3.8) is 0 Å². The molecule has 0 fully saturated rings. The quantitative estimate of drug-likeness (QED) is 0.206. The highest BCUT2D eigenvalue weighted by Crippen LogP contribution is 2.06. The Morgan fingerprint density at radius 3 is 2.24 bits per heavy atom. The van der Waals surface area contributed by atoms with E-state index in [9.17, 15) is 9.59 Å². The molecule has 0 aromatic heterocycles. The molecule has 0 radical (unpaired) electrons. The largest absolute Gasteiger partial charge is 0.543 e. The van der Waals surface area contributed by atoms with E-state index in [1.165, 1.54) is 5.19 Å². The third kappa shape index (κ3) is 8.66. The van der Waals surface area contributed by atoms with Gasteiger partial charge in [-0.2, -0.15) is 0 Å². The number of carbonyl (C=O) groups is 2. The monoisotopic (exact) mass is 370 g/mol. The van der Waals surface area contributed by atoms with Crippen molar-refractivity contribution in [2.45, 2.75) is 39.4 Å². The van der Waals surface area contributed by atoms with Gasteiger partial charge in [-0.3, -0.25) is 4.89 Å². The molecule has 0 unspecified atom stereocenters. The lowest BCUT2D eigenvalue weighted by atomic mass is 10.2. The summed E-state index contributed by atoms with van der Waals surface area (Å²) in [5.74, 6) is -0.766. The number of benzene rings is 1. The van der Waals surface area contributed by atoms with Gasteiger partial charge in [0.25, 0.3) is 0 Å². The minimum absolute atomic E-state index is 0.0258. The molecular weight excluding hydrogens is 344 g/mol. The van der Waals surface area contributed by atoms with E-state index >= 15 is 0 Å². The summed E-state index contributed by atoms with van der Waals surface area (Å²) >= 11 is 0. The molecule has 1 aromatic rings. The summed E-state index contributed by atoms with van der Waals surface area (Å²) < 4.78 is 9.87. The maximum atomic E-state index is 11.8. The van der Waals surface area contributed by atoms with Gasteiger partial charge in [0.05, 0.1) is 25.3 Å². The average Bonchev–Trinajstić information content (AvgIpc) is 2.57. The van der Waals surface area contributed by atoms with Gasteiger partial charge < -0.3 is 9.47 Å². The summed E-state index contributed by atoms with van der Waals surface area (Å²) in [6.45, 7) is 9.57. The molecule has 140 valence electrons. The van der Waals surface area contributed by atoms with Gasteiger partial charge >= 0.3 is 12.1 Å². The first-order valence-corrected chi connectivity index (χ1v) is 11.7. The van der Waals surface area contributed by atoms with E-state index in [4.69, 9.17) is 4.74 Å². The third-order valence-electron chi connectivity index (χ3n) is 3.29. The molecule has 0 bridgehead atoms. The lowest BCUT2D eigenvalue weighted by molar-refractivity contribution is -0.452. The fourth-order valence-corrected chi connectivity index (χ4v) is 2.95. The number of ether oxygens (including phenoxy) is 2. The first-order valence-electron chi connectivity index (χ1n) is 8.25. The van der Waals surface area contributed by atoms with Gasteiger partial charge in [-0.1, -0.05) is 50.3 Å². The summed E-state index contributed by atoms with van der Waals surface area (Å²) in [4.78, 5) is 31.5. The van der Waals surface area contributed by atoms with Crippen LogP contribution in [0.3, 0.4) is 0 Å². The average molecular weight is 370 g/mol. The van der Waals surface area contributed by atoms with E-state index in [2.05, 4.69) is 46.1 Å². The van der Waals surface area contributed by atoms with Crippen LogP contribution in [0.5, 0.6) is 0 Å². The number of carbonyl (C=O) groups excluding carboxylic acids is 2. The van der Waals surface area contributed by atoms with Crippen molar-refractivity contribution in [3.05, 3.63) is 29.8 Å². The number of hydrogen-bond donors (Lipinski definition) is 0. The molecule has 8 heteroatoms. The zero-order chi connectivity index (χ0) is 18.7. The van der Waals surface area contributed by atoms with E-state index < -0.39 is 20.2 Å². The summed E-state index contributed by atoms with van der Waals surface area (Å²) in [6.07, 6.45) is 0.867. The molecular formula is C17H26O7Si. The van der Waals surface area contributed by atoms with Crippen LogP contribution >= 0.6 is 0 Å². The summed E-state index contributed by atoms with van der Waals surface area (Å²) in [5.41, 5.74) is 0.295. The van der Waals surface area contributed by atoms with E-state index in [-0.39, 0.29) is 13.2 Å². The molecule has 0 atom stereocenters. The highest BCUT2D eigenvalue weighted by Gasteiger charge is 2.17. The Morgan fingerprint density at radius 2 is 1.64 bits per heavy atom. The van der Waals surface area contributed by atoms with Gasteiger partial charge in [-0.15, -0.1) is 0 Å². The normalized spacial score (nSPS) is 11.0. The minimum atomic E-state index is -1.43. The Bertz CT molecular complexity index is 537. The number of hydrogen-bond acceptors (Lipinski definition) is 7. The second-order valence-corrected chi connectivity index (χ2v) is 11.5. The van der Waals surface area contributed by atoms with Crippen LogP contribution in [-0.4, -0.2) is 40.0 Å². The fourth-order valence-electron chi connectivity index (χ4n) is 1.79. The maximum absolute atomic E-state index is 11.8. The number of unbranched alkanes of at least 4 members (excludes halogenated alkanes) is 1. The zero-order valence-electron chi connectivity index (χ0n) is 15.2. The van der Waals surface area contributed by atoms with Crippen molar-refractivity contribution in [1.82, 2.24) is 0 Å². The van der Waals surface area contributed by atoms with Gasteiger partial charge in [-0.25, -0.2) is 14.5 Å². The highest BCUT2D eigenvalue weighted by molar-refractivity contribution is 6.88. The Balaban J connectivity index is 2.22. The van der Waals surface area contributed by atoms with E-state index in [0.717, 1.165) is 12.8 Å². The van der Waals surface area contributed by atoms with Crippen LogP contribution in [0.4, 0.5) is 4.79 Å². The van der Waals surface area contributed by atoms with Crippen molar-refractivity contribution < 1.29 is 33.9 Å². The van der Waals surface area contributed by atoms with Crippen molar-refractivity contribution in [3.8, 4) is 0 Å². The third-order valence-corrected chi connectivity index (χ3v) is 5.35. The first-order chi connectivity index (χ1) is 11.8. The maximum Gasteiger partial charge on any atom is 0.543 e. The smallest absolute Gasteiger partial charge is 0.430 e. The predicted molar refractivity (Wildman–Crippen MR) is 94.1 cm³/mol. The molecule has 0 N–H and O–H groups in total. The van der Waals surface area contributed by atoms with E-state index in [0.29, 0.717) is 12.2 Å². The molecule has 0 heterocycles. The lowest BCUT2D eigenvalue weighted by Gasteiger charge is -2.16. The molecule has 7 nitrogen and oxygen atoms in total. The summed E-state index contributed by atoms with van der Waals surface area (Å²) in [6, 6.07) is 7.06. The summed E-state index contributed by atoms with van der Waals surface area (Å²) in [7, 11) is -1.43. The Morgan fingerprint density at radius 1 is 0.960 bits per heavy atom. The molecule has 0 saturated heterocycles. The molecule has 0 amide bonds. The molecule has 25 heavy (non-hydrogen) atoms. The van der Waals surface area contributed by atoms with E-state index in [1.54, 1.807) is 12.1 Å². The van der Waals surface area contributed by atoms with Gasteiger partial charge in [0, 0.05) is 6.61 Å². The van der Waals surface area contributed by atoms with Gasteiger partial charge in [-0.05, 0) is 18.6 Å². The van der Waals surface area contributed by atoms with Crippen LogP contribution in [0.1, 0.15) is 30.1 Å². The van der Waals surface area contributed by atoms with Crippen molar-refractivity contribution in [2.75, 3.05) is 19.8 Å². The van der Waals surface area contributed by atoms with Gasteiger partial charge in [0.1, 0.15) is 6.61 Å². The molecule has 0 aliphatic carbocycles. The lowest BCUT2D eigenvalue weighted by Crippen LogP contribution is -2.37. The molecule has 0 spiro atoms. The van der Waals surface area contributed by atoms with Crippen LogP contribution in [0.25, 0.3) is 0 Å². The van der Waals surface area contributed by atoms with Crippen LogP contribution in [0, 0.1) is 0 Å². The Hall–Kier alpha value is -1.90. The molecule has 0 saturated carbocycles. The predicted octanol–water partition coefficient (Wildman–Crippen LogP) is 3.21. The molecule has 0 aliphatic rings. The van der Waals surface area contributed by atoms with Crippen LogP contribution in [0.15, 0.2) is 24.3 Å². The Labute approximate surface area is 149 Å². The van der Waals surface area contributed by atoms with Crippen molar-refractivity contribution >= 4 is 25.4 Å². The van der Waals surface area contributed by atoms with Gasteiger partial charge in [0.2, 0.25) is 0 Å². The first kappa shape index (κ1) is 21.1. The van der Waals surface area contributed by atoms with Gasteiger partial charge in [0.15, 0.2) is 0 Å². The molecule has 0 aliphatic heterocycles. The van der Waals surface area contributed by atoms with Crippen LogP contribution < -0.4 is 5.19 Å². The molecule has 1 aromatic carbocycles. The zero-order valence-corrected chi connectivity index (χ0v) is 16.2. The van der Waals surface area contributed by atoms with Crippen LogP contribution in [-0.2, 0) is 24.3 Å². The fraction of sp³-hybridized carbons (Fsp3) is 0.529. The molecule has 1 rings (SSSR count). The highest BCUT2D eigenvalue weighted by atomic mass is 28.3. The minimum Gasteiger partial charge on any atom is -0.430 e.